The number of aryl methyl sites for hydroxylation is 4. The first kappa shape index (κ1) is 61.9. The van der Waals surface area contributed by atoms with Gasteiger partial charge in [0.25, 0.3) is 0 Å². The Balaban J connectivity index is 0.784. The van der Waals surface area contributed by atoms with Crippen molar-refractivity contribution in [1.82, 2.24) is 0 Å². The van der Waals surface area contributed by atoms with Crippen LogP contribution in [-0.4, -0.2) is 46.0 Å². The van der Waals surface area contributed by atoms with Crippen LogP contribution in [-0.2, 0) is 21.1 Å². The Kier molecular flexibility index (Phi) is 21.2. The number of thiophene rings is 6. The molecule has 0 fully saturated rings. The summed E-state index contributed by atoms with van der Waals surface area (Å²) in [6.45, 7) is 29.4. The van der Waals surface area contributed by atoms with Gasteiger partial charge >= 0.3 is 0 Å². The van der Waals surface area contributed by atoms with Crippen molar-refractivity contribution in [1.29, 1.82) is 0 Å². The van der Waals surface area contributed by atoms with Crippen LogP contribution in [0.5, 0.6) is 11.5 Å². The summed E-state index contributed by atoms with van der Waals surface area (Å²) in [6, 6.07) is 35.3. The molecule has 0 saturated heterocycles. The molecule has 0 bridgehead atoms. The van der Waals surface area contributed by atoms with E-state index in [4.69, 9.17) is 17.7 Å². The molecule has 6 aromatic heterocycles. The molecule has 424 valence electrons. The van der Waals surface area contributed by atoms with Crippen molar-refractivity contribution in [2.24, 2.45) is 0 Å². The highest BCUT2D eigenvalue weighted by Gasteiger charge is 2.30. The van der Waals surface area contributed by atoms with E-state index in [1.807, 2.05) is 57.5 Å². The fourth-order valence-corrected chi connectivity index (χ4v) is 33.5. The second-order valence-electron chi connectivity index (χ2n) is 24.4. The summed E-state index contributed by atoms with van der Waals surface area (Å²) in [4.78, 5) is 15.0. The van der Waals surface area contributed by atoms with Crippen LogP contribution >= 0.6 is 68.0 Å². The van der Waals surface area contributed by atoms with Crippen LogP contribution in [0.15, 0.2) is 97.1 Å². The molecule has 0 amide bonds. The van der Waals surface area contributed by atoms with Crippen LogP contribution in [0.3, 0.4) is 0 Å². The first-order chi connectivity index (χ1) is 37.4. The van der Waals surface area contributed by atoms with Gasteiger partial charge in [0.15, 0.2) is 56.4 Å². The Morgan fingerprint density at radius 3 is 1.22 bits per heavy atom. The zero-order valence-electron chi connectivity index (χ0n) is 48.8. The van der Waals surface area contributed by atoms with Gasteiger partial charge in [-0.3, -0.25) is 0 Å². The maximum Gasteiger partial charge on any atom is 0.173 e. The van der Waals surface area contributed by atoms with Crippen LogP contribution in [0.4, 0.5) is 8.78 Å². The SMILES string of the molecule is Cc1cc(-c2ccc(-c3ccc(CCCCCC[Si](C)(C)O[Si](C)(C)C)s3)s2)sc1-c1ccc(OC[C@H](C)Oc2ccc(-c3sc(-c4ccc(-c5ccc(CCCCCC[Si](C)(C)O[Si](C)(C)C)s5)s4)cc3C)cc2F)c(F)c1. The highest BCUT2D eigenvalue weighted by atomic mass is 32.1. The molecule has 0 spiro atoms. The molecule has 79 heavy (non-hydrogen) atoms. The Morgan fingerprint density at radius 2 is 0.797 bits per heavy atom. The van der Waals surface area contributed by atoms with Crippen LogP contribution < -0.4 is 9.47 Å². The molecule has 0 N–H and O–H groups in total. The van der Waals surface area contributed by atoms with E-state index in [1.165, 1.54) is 112 Å². The minimum atomic E-state index is -1.55. The number of ether oxygens (including phenoxy) is 2. The average molecular weight is 1250 g/mol. The minimum Gasteiger partial charge on any atom is -0.487 e. The molecule has 0 aliphatic rings. The third kappa shape index (κ3) is 18.2. The molecule has 2 aromatic carbocycles. The average Bonchev–Trinajstić information content (AvgIpc) is 4.29. The van der Waals surface area contributed by atoms with Crippen LogP contribution in [0.25, 0.3) is 59.9 Å². The first-order valence-electron chi connectivity index (χ1n) is 28.2. The normalized spacial score (nSPS) is 12.9. The van der Waals surface area contributed by atoms with Gasteiger partial charge in [-0.2, -0.15) is 0 Å². The van der Waals surface area contributed by atoms with Gasteiger partial charge in [0, 0.05) is 58.5 Å². The van der Waals surface area contributed by atoms with Crippen LogP contribution in [0.2, 0.25) is 77.6 Å². The lowest BCUT2D eigenvalue weighted by Crippen LogP contribution is -2.42. The fraction of sp³-hybridized carbons (Fsp3) is 0.429. The molecular formula is C63H82F2O4S6Si4. The van der Waals surface area contributed by atoms with E-state index in [1.54, 1.807) is 53.9 Å². The summed E-state index contributed by atoms with van der Waals surface area (Å²) >= 11 is 10.8. The van der Waals surface area contributed by atoms with E-state index >= 15 is 8.78 Å². The Labute approximate surface area is 499 Å². The number of hydrogen-bond acceptors (Lipinski definition) is 10. The number of rotatable bonds is 29. The second-order valence-corrected chi connectivity index (χ2v) is 49.1. The van der Waals surface area contributed by atoms with Gasteiger partial charge in [0.05, 0.1) is 0 Å². The fourth-order valence-electron chi connectivity index (χ4n) is 10.4. The van der Waals surface area contributed by atoms with E-state index in [2.05, 4.69) is 140 Å². The van der Waals surface area contributed by atoms with Crippen molar-refractivity contribution < 1.29 is 26.5 Å². The van der Waals surface area contributed by atoms with E-state index < -0.39 is 51.0 Å². The monoisotopic (exact) mass is 1240 g/mol. The Bertz CT molecular complexity index is 3260. The van der Waals surface area contributed by atoms with E-state index in [0.29, 0.717) is 0 Å². The van der Waals surface area contributed by atoms with Crippen molar-refractivity contribution in [2.45, 2.75) is 169 Å². The summed E-state index contributed by atoms with van der Waals surface area (Å²) in [7, 11) is -6.05. The molecule has 8 aromatic rings. The zero-order valence-corrected chi connectivity index (χ0v) is 57.7. The quantitative estimate of drug-likeness (QED) is 0.0346. The Hall–Kier alpha value is -3.11. The molecule has 0 aliphatic heterocycles. The smallest absolute Gasteiger partial charge is 0.173 e. The number of hydrogen-bond donors (Lipinski definition) is 0. The number of unbranched alkanes of at least 4 members (excludes halogenated alkanes) is 6. The topological polar surface area (TPSA) is 36.9 Å². The molecule has 0 unspecified atom stereocenters. The van der Waals surface area contributed by atoms with Crippen LogP contribution in [0, 0.1) is 25.5 Å². The summed E-state index contributed by atoms with van der Waals surface area (Å²) in [6.07, 6.45) is 11.9. The first-order valence-corrected chi connectivity index (χ1v) is 46.2. The van der Waals surface area contributed by atoms with Gasteiger partial charge in [0.2, 0.25) is 0 Å². The van der Waals surface area contributed by atoms with E-state index in [0.717, 1.165) is 44.8 Å². The Morgan fingerprint density at radius 1 is 0.418 bits per heavy atom. The highest BCUT2D eigenvalue weighted by molar-refractivity contribution is 7.28. The zero-order chi connectivity index (χ0) is 56.7. The minimum absolute atomic E-state index is 0.0549. The summed E-state index contributed by atoms with van der Waals surface area (Å²) in [5, 5.41) is 0. The molecule has 4 nitrogen and oxygen atoms in total. The molecule has 6 heterocycles. The van der Waals surface area contributed by atoms with E-state index in [9.17, 15) is 0 Å². The standard InChI is InChI=1S/C63H82F2O4S6Si4/c1-43-38-60(58-34-32-56(72-58)54-30-26-48(70-54)22-18-14-16-20-36-78(10,11)68-76(4,5)6)74-62(43)46-24-28-52(50(64)40-46)66-42-45(3)67-53-29-25-47(41-51(53)65)63-44(2)39-61(75-63)59-35-33-57(73-59)55-31-27-49(71-55)23-19-15-17-21-37-79(12,13)69-77(7,8)9/h24-35,38-41,45H,14-23,36-37,42H2,1-13H3/t45-/m0/s1. The molecule has 1 atom stereocenters. The van der Waals surface area contributed by atoms with Crippen molar-refractivity contribution in [3.8, 4) is 71.4 Å². The molecule has 8 rings (SSSR count). The predicted octanol–water partition coefficient (Wildman–Crippen LogP) is 23.1. The molecular weight excluding hydrogens is 1160 g/mol. The van der Waals surface area contributed by atoms with Gasteiger partial charge in [-0.1, -0.05) is 38.5 Å². The van der Waals surface area contributed by atoms with Gasteiger partial charge in [-0.25, -0.2) is 8.78 Å². The third-order valence-electron chi connectivity index (χ3n) is 13.6. The summed E-state index contributed by atoms with van der Waals surface area (Å²) in [5.41, 5.74) is 3.84. The van der Waals surface area contributed by atoms with Gasteiger partial charge < -0.3 is 17.7 Å². The van der Waals surface area contributed by atoms with Crippen molar-refractivity contribution in [2.75, 3.05) is 6.61 Å². The second kappa shape index (κ2) is 27.1. The molecule has 16 heteroatoms. The maximum atomic E-state index is 15.7. The van der Waals surface area contributed by atoms with E-state index in [-0.39, 0.29) is 18.1 Å². The van der Waals surface area contributed by atoms with Crippen molar-refractivity contribution in [3.63, 3.8) is 0 Å². The lowest BCUT2D eigenvalue weighted by molar-refractivity contribution is 0.135. The van der Waals surface area contributed by atoms with Gasteiger partial charge in [-0.15, -0.1) is 68.0 Å². The highest BCUT2D eigenvalue weighted by Crippen LogP contribution is 2.46. The largest absolute Gasteiger partial charge is 0.487 e. The lowest BCUT2D eigenvalue weighted by atomic mass is 10.1. The van der Waals surface area contributed by atoms with Crippen LogP contribution in [0.1, 0.15) is 79.2 Å². The summed E-state index contributed by atoms with van der Waals surface area (Å²) in [5.74, 6) is -0.609. The molecule has 0 saturated carbocycles. The number of halogens is 2. The number of benzene rings is 2. The van der Waals surface area contributed by atoms with Crippen molar-refractivity contribution in [3.05, 3.63) is 130 Å². The van der Waals surface area contributed by atoms with Gasteiger partial charge in [-0.05, 0) is 243 Å². The predicted molar refractivity (Wildman–Crippen MR) is 356 cm³/mol. The molecule has 0 aliphatic carbocycles. The van der Waals surface area contributed by atoms with Gasteiger partial charge in [0.1, 0.15) is 12.7 Å². The van der Waals surface area contributed by atoms with Crippen molar-refractivity contribution >= 4 is 101 Å². The maximum absolute atomic E-state index is 15.7. The lowest BCUT2D eigenvalue weighted by Gasteiger charge is -2.31. The third-order valence-corrected chi connectivity index (χ3v) is 33.9. The summed E-state index contributed by atoms with van der Waals surface area (Å²) < 4.78 is 56.4. The molecule has 0 radical (unpaired) electrons.